The molecule has 94 valence electrons. The van der Waals surface area contributed by atoms with Gasteiger partial charge in [0.25, 0.3) is 0 Å². The van der Waals surface area contributed by atoms with E-state index >= 15 is 0 Å². The van der Waals surface area contributed by atoms with E-state index in [1.54, 1.807) is 16.4 Å². The second-order valence-corrected chi connectivity index (χ2v) is 5.11. The molecule has 0 aliphatic heterocycles. The molecule has 3 nitrogen and oxygen atoms in total. The van der Waals surface area contributed by atoms with Crippen LogP contribution in [0.1, 0.15) is 21.7 Å². The molecule has 1 aromatic carbocycles. The Morgan fingerprint density at radius 2 is 2.00 bits per heavy atom. The smallest absolute Gasteiger partial charge is 0.168 e. The summed E-state index contributed by atoms with van der Waals surface area (Å²) in [6.45, 7) is 1.93. The highest BCUT2D eigenvalue weighted by atomic mass is 32.2. The first-order valence-electron chi connectivity index (χ1n) is 5.77. The quantitative estimate of drug-likeness (QED) is 0.626. The van der Waals surface area contributed by atoms with Gasteiger partial charge in [0.1, 0.15) is 0 Å². The zero-order chi connectivity index (χ0) is 13.1. The van der Waals surface area contributed by atoms with Crippen molar-refractivity contribution in [2.24, 2.45) is 7.05 Å². The zero-order valence-corrected chi connectivity index (χ0v) is 11.6. The number of benzene rings is 1. The SMILES string of the molecule is CSc1ccc(C(=O)Cc2cc(C)nn2C)cc1. The Morgan fingerprint density at radius 1 is 1.33 bits per heavy atom. The van der Waals surface area contributed by atoms with Crippen LogP contribution in [0.25, 0.3) is 0 Å². The normalized spacial score (nSPS) is 10.6. The number of nitrogens with zero attached hydrogens (tertiary/aromatic N) is 2. The first-order chi connectivity index (χ1) is 8.60. The van der Waals surface area contributed by atoms with Crippen LogP contribution in [0.2, 0.25) is 0 Å². The molecule has 0 fully saturated rings. The second kappa shape index (κ2) is 5.40. The van der Waals surface area contributed by atoms with Crippen molar-refractivity contribution in [1.29, 1.82) is 0 Å². The zero-order valence-electron chi connectivity index (χ0n) is 10.8. The van der Waals surface area contributed by atoms with Crippen LogP contribution in [0, 0.1) is 6.92 Å². The van der Waals surface area contributed by atoms with Gasteiger partial charge in [0.15, 0.2) is 5.78 Å². The van der Waals surface area contributed by atoms with Crippen molar-refractivity contribution in [3.05, 3.63) is 47.3 Å². The van der Waals surface area contributed by atoms with Gasteiger partial charge in [0.2, 0.25) is 0 Å². The van der Waals surface area contributed by atoms with Crippen molar-refractivity contribution < 1.29 is 4.79 Å². The number of ketones is 1. The summed E-state index contributed by atoms with van der Waals surface area (Å²) in [5.41, 5.74) is 2.65. The minimum Gasteiger partial charge on any atom is -0.294 e. The molecule has 1 heterocycles. The number of carbonyl (C=O) groups is 1. The minimum absolute atomic E-state index is 0.130. The fourth-order valence-corrected chi connectivity index (χ4v) is 2.28. The molecule has 0 aliphatic carbocycles. The number of carbonyl (C=O) groups excluding carboxylic acids is 1. The van der Waals surface area contributed by atoms with Gasteiger partial charge < -0.3 is 0 Å². The molecule has 2 rings (SSSR count). The third-order valence-electron chi connectivity index (χ3n) is 2.85. The van der Waals surface area contributed by atoms with Crippen LogP contribution in [0.15, 0.2) is 35.2 Å². The van der Waals surface area contributed by atoms with Gasteiger partial charge in [0.05, 0.1) is 12.1 Å². The molecule has 0 amide bonds. The van der Waals surface area contributed by atoms with Crippen molar-refractivity contribution in [3.8, 4) is 0 Å². The molecule has 0 radical (unpaired) electrons. The summed E-state index contributed by atoms with van der Waals surface area (Å²) in [6, 6.07) is 9.68. The van der Waals surface area contributed by atoms with Crippen LogP contribution in [-0.2, 0) is 13.5 Å². The molecule has 1 aromatic heterocycles. The summed E-state index contributed by atoms with van der Waals surface area (Å²) in [5, 5.41) is 4.25. The lowest BCUT2D eigenvalue weighted by atomic mass is 10.1. The molecule has 0 unspecified atom stereocenters. The molecule has 0 bridgehead atoms. The number of hydrogen-bond donors (Lipinski definition) is 0. The monoisotopic (exact) mass is 260 g/mol. The molecule has 0 spiro atoms. The molecule has 2 aromatic rings. The second-order valence-electron chi connectivity index (χ2n) is 4.23. The summed E-state index contributed by atoms with van der Waals surface area (Å²) < 4.78 is 1.77. The van der Waals surface area contributed by atoms with Crippen molar-refractivity contribution >= 4 is 17.5 Å². The maximum Gasteiger partial charge on any atom is 0.168 e. The predicted octanol–water partition coefficient (Wildman–Crippen LogP) is 2.88. The van der Waals surface area contributed by atoms with Crippen molar-refractivity contribution in [3.63, 3.8) is 0 Å². The lowest BCUT2D eigenvalue weighted by molar-refractivity contribution is 0.0990. The van der Waals surface area contributed by atoms with Crippen molar-refractivity contribution in [2.75, 3.05) is 6.26 Å². The number of rotatable bonds is 4. The van der Waals surface area contributed by atoms with Crippen LogP contribution in [0.5, 0.6) is 0 Å². The number of hydrogen-bond acceptors (Lipinski definition) is 3. The summed E-state index contributed by atoms with van der Waals surface area (Å²) in [5.74, 6) is 0.130. The van der Waals surface area contributed by atoms with Crippen LogP contribution in [-0.4, -0.2) is 21.8 Å². The van der Waals surface area contributed by atoms with Gasteiger partial charge in [-0.05, 0) is 31.4 Å². The molecule has 0 N–H and O–H groups in total. The average Bonchev–Trinajstić information content (AvgIpc) is 2.68. The predicted molar refractivity (Wildman–Crippen MR) is 74.2 cm³/mol. The fraction of sp³-hybridized carbons (Fsp3) is 0.286. The topological polar surface area (TPSA) is 34.9 Å². The highest BCUT2D eigenvalue weighted by Gasteiger charge is 2.10. The minimum atomic E-state index is 0.130. The summed E-state index contributed by atoms with van der Waals surface area (Å²) in [7, 11) is 1.87. The third kappa shape index (κ3) is 2.82. The van der Waals surface area contributed by atoms with Gasteiger partial charge >= 0.3 is 0 Å². The molecule has 4 heteroatoms. The fourth-order valence-electron chi connectivity index (χ4n) is 1.87. The number of Topliss-reactive ketones (excluding diaryl/α,β-unsaturated/α-hetero) is 1. The van der Waals surface area contributed by atoms with Crippen molar-refractivity contribution in [2.45, 2.75) is 18.2 Å². The number of aromatic nitrogens is 2. The van der Waals surface area contributed by atoms with E-state index in [1.807, 2.05) is 50.6 Å². The lowest BCUT2D eigenvalue weighted by Crippen LogP contribution is -2.07. The molecular weight excluding hydrogens is 244 g/mol. The van der Waals surface area contributed by atoms with Gasteiger partial charge in [-0.2, -0.15) is 5.10 Å². The van der Waals surface area contributed by atoms with Gasteiger partial charge in [0, 0.05) is 23.2 Å². The van der Waals surface area contributed by atoms with Gasteiger partial charge in [-0.15, -0.1) is 11.8 Å². The maximum atomic E-state index is 12.1. The van der Waals surface area contributed by atoms with E-state index in [-0.39, 0.29) is 5.78 Å². The Kier molecular flexibility index (Phi) is 3.87. The standard InChI is InChI=1S/C14H16N2OS/c1-10-8-12(16(2)15-10)9-14(17)11-4-6-13(18-3)7-5-11/h4-8H,9H2,1-3H3. The van der Waals surface area contributed by atoms with E-state index in [0.717, 1.165) is 17.0 Å². The van der Waals surface area contributed by atoms with Crippen LogP contribution >= 0.6 is 11.8 Å². The Morgan fingerprint density at radius 3 is 2.50 bits per heavy atom. The average molecular weight is 260 g/mol. The van der Waals surface area contributed by atoms with E-state index < -0.39 is 0 Å². The number of thioether (sulfide) groups is 1. The van der Waals surface area contributed by atoms with Gasteiger partial charge in [-0.3, -0.25) is 9.48 Å². The van der Waals surface area contributed by atoms with E-state index in [9.17, 15) is 4.79 Å². The van der Waals surface area contributed by atoms with Gasteiger partial charge in [-0.25, -0.2) is 0 Å². The Labute approximate surface area is 111 Å². The Bertz CT molecular complexity index is 558. The molecule has 0 saturated carbocycles. The number of aryl methyl sites for hydroxylation is 2. The molecule has 0 saturated heterocycles. The van der Waals surface area contributed by atoms with Crippen LogP contribution in [0.3, 0.4) is 0 Å². The van der Waals surface area contributed by atoms with Crippen molar-refractivity contribution in [1.82, 2.24) is 9.78 Å². The summed E-state index contributed by atoms with van der Waals surface area (Å²) >= 11 is 1.67. The van der Waals surface area contributed by atoms with Crippen LogP contribution < -0.4 is 0 Å². The van der Waals surface area contributed by atoms with E-state index in [1.165, 1.54) is 4.90 Å². The third-order valence-corrected chi connectivity index (χ3v) is 3.60. The summed E-state index contributed by atoms with van der Waals surface area (Å²) in [4.78, 5) is 13.3. The highest BCUT2D eigenvalue weighted by molar-refractivity contribution is 7.98. The first-order valence-corrected chi connectivity index (χ1v) is 6.99. The summed E-state index contributed by atoms with van der Waals surface area (Å²) in [6.07, 6.45) is 2.42. The van der Waals surface area contributed by atoms with Crippen LogP contribution in [0.4, 0.5) is 0 Å². The van der Waals surface area contributed by atoms with E-state index in [0.29, 0.717) is 6.42 Å². The maximum absolute atomic E-state index is 12.1. The lowest BCUT2D eigenvalue weighted by Gasteiger charge is -2.03. The molecule has 18 heavy (non-hydrogen) atoms. The molecule has 0 atom stereocenters. The molecular formula is C14H16N2OS. The Balaban J connectivity index is 2.14. The first kappa shape index (κ1) is 12.9. The van der Waals surface area contributed by atoms with E-state index in [2.05, 4.69) is 5.10 Å². The van der Waals surface area contributed by atoms with Gasteiger partial charge in [-0.1, -0.05) is 12.1 Å². The molecule has 0 aliphatic rings. The van der Waals surface area contributed by atoms with E-state index in [4.69, 9.17) is 0 Å². The highest BCUT2D eigenvalue weighted by Crippen LogP contribution is 2.16. The Hall–Kier alpha value is -1.55. The largest absolute Gasteiger partial charge is 0.294 e.